The van der Waals surface area contributed by atoms with Gasteiger partial charge in [-0.05, 0) is 24.5 Å². The first-order valence-corrected chi connectivity index (χ1v) is 8.86. The fourth-order valence-corrected chi connectivity index (χ4v) is 4.27. The van der Waals surface area contributed by atoms with Gasteiger partial charge in [-0.3, -0.25) is 4.21 Å². The largest absolute Gasteiger partial charge is 0.478 e. The molecule has 1 N–H and O–H groups in total. The van der Waals surface area contributed by atoms with E-state index in [4.69, 9.17) is 34.8 Å². The van der Waals surface area contributed by atoms with E-state index in [1.54, 1.807) is 6.92 Å². The summed E-state index contributed by atoms with van der Waals surface area (Å²) in [6.45, 7) is 5.52. The molecule has 0 unspecified atom stereocenters. The quantitative estimate of drug-likeness (QED) is 0.765. The standard InChI is InChI=1S/C14H17Cl3O3S/c1-4-8(3)21(20)12-9(5-2)10(13(18)19)6-7-11(12)14(15,16)17/h6-8H,4-5H2,1-3H3,(H,18,19)/t8-,21-/m1/s1. The topological polar surface area (TPSA) is 54.4 Å². The molecule has 0 radical (unpaired) electrons. The first-order chi connectivity index (χ1) is 9.65. The zero-order valence-electron chi connectivity index (χ0n) is 12.0. The van der Waals surface area contributed by atoms with E-state index in [1.807, 2.05) is 13.8 Å². The molecule has 0 aliphatic heterocycles. The Morgan fingerprint density at radius 2 is 1.90 bits per heavy atom. The van der Waals surface area contributed by atoms with Crippen LogP contribution < -0.4 is 0 Å². The molecule has 1 aromatic carbocycles. The summed E-state index contributed by atoms with van der Waals surface area (Å²) < 4.78 is 11.0. The number of alkyl halides is 3. The number of aromatic carboxylic acids is 1. The van der Waals surface area contributed by atoms with Crippen LogP contribution in [0.4, 0.5) is 0 Å². The summed E-state index contributed by atoms with van der Waals surface area (Å²) in [6, 6.07) is 2.83. The van der Waals surface area contributed by atoms with Crippen LogP contribution in [0.2, 0.25) is 0 Å². The summed E-state index contributed by atoms with van der Waals surface area (Å²) in [4.78, 5) is 11.7. The van der Waals surface area contributed by atoms with Crippen LogP contribution in [0.3, 0.4) is 0 Å². The molecule has 21 heavy (non-hydrogen) atoms. The molecular weight excluding hydrogens is 355 g/mol. The molecule has 0 heterocycles. The van der Waals surface area contributed by atoms with Crippen LogP contribution in [0.15, 0.2) is 17.0 Å². The van der Waals surface area contributed by atoms with Crippen molar-refractivity contribution >= 4 is 51.6 Å². The van der Waals surface area contributed by atoms with Crippen LogP contribution in [0.25, 0.3) is 0 Å². The smallest absolute Gasteiger partial charge is 0.336 e. The van der Waals surface area contributed by atoms with Gasteiger partial charge in [0.1, 0.15) is 0 Å². The SMILES string of the molecule is CCc1c(C(=O)O)ccc(C(Cl)(Cl)Cl)c1[S@](=O)[C@H](C)CC. The maximum Gasteiger partial charge on any atom is 0.336 e. The summed E-state index contributed by atoms with van der Waals surface area (Å²) in [7, 11) is -1.44. The van der Waals surface area contributed by atoms with Gasteiger partial charge in [0.15, 0.2) is 0 Å². The normalized spacial score (nSPS) is 14.8. The van der Waals surface area contributed by atoms with Crippen molar-refractivity contribution in [2.45, 2.75) is 47.6 Å². The van der Waals surface area contributed by atoms with Crippen molar-refractivity contribution in [2.75, 3.05) is 0 Å². The molecular formula is C14H17Cl3O3S. The number of carboxylic acid groups (broad SMARTS) is 1. The van der Waals surface area contributed by atoms with Crippen LogP contribution in [0.1, 0.15) is 48.7 Å². The van der Waals surface area contributed by atoms with Gasteiger partial charge in [0.05, 0.1) is 21.3 Å². The van der Waals surface area contributed by atoms with E-state index in [-0.39, 0.29) is 16.4 Å². The monoisotopic (exact) mass is 370 g/mol. The molecule has 0 saturated carbocycles. The fourth-order valence-electron chi connectivity index (χ4n) is 1.98. The molecule has 7 heteroatoms. The molecule has 0 aliphatic rings. The highest BCUT2D eigenvalue weighted by atomic mass is 35.6. The highest BCUT2D eigenvalue weighted by molar-refractivity contribution is 7.85. The minimum atomic E-state index is -1.75. The van der Waals surface area contributed by atoms with Crippen molar-refractivity contribution in [3.05, 3.63) is 28.8 Å². The summed E-state index contributed by atoms with van der Waals surface area (Å²) in [5.41, 5.74) is 0.847. The minimum Gasteiger partial charge on any atom is -0.478 e. The average Bonchev–Trinajstić information content (AvgIpc) is 2.42. The lowest BCUT2D eigenvalue weighted by Gasteiger charge is -2.22. The van der Waals surface area contributed by atoms with E-state index in [2.05, 4.69) is 0 Å². The van der Waals surface area contributed by atoms with E-state index >= 15 is 0 Å². The predicted octanol–water partition coefficient (Wildman–Crippen LogP) is 4.68. The molecule has 0 amide bonds. The third kappa shape index (κ3) is 4.13. The number of hydrogen-bond acceptors (Lipinski definition) is 2. The Morgan fingerprint density at radius 3 is 2.29 bits per heavy atom. The van der Waals surface area contributed by atoms with Crippen molar-refractivity contribution in [1.82, 2.24) is 0 Å². The molecule has 3 nitrogen and oxygen atoms in total. The van der Waals surface area contributed by atoms with Crippen molar-refractivity contribution in [1.29, 1.82) is 0 Å². The Balaban J connectivity index is 3.71. The van der Waals surface area contributed by atoms with E-state index in [1.165, 1.54) is 12.1 Å². The molecule has 0 aliphatic carbocycles. The second kappa shape index (κ2) is 7.32. The van der Waals surface area contributed by atoms with Crippen molar-refractivity contribution in [2.24, 2.45) is 0 Å². The molecule has 0 fully saturated rings. The summed E-state index contributed by atoms with van der Waals surface area (Å²) in [6.07, 6.45) is 1.07. The summed E-state index contributed by atoms with van der Waals surface area (Å²) >= 11 is 17.9. The van der Waals surface area contributed by atoms with E-state index < -0.39 is 20.6 Å². The number of hydrogen-bond donors (Lipinski definition) is 1. The number of halogens is 3. The molecule has 0 saturated heterocycles. The van der Waals surface area contributed by atoms with Crippen LogP contribution >= 0.6 is 34.8 Å². The Kier molecular flexibility index (Phi) is 6.54. The third-order valence-electron chi connectivity index (χ3n) is 3.29. The summed E-state index contributed by atoms with van der Waals surface area (Å²) in [5.74, 6) is -1.08. The zero-order valence-corrected chi connectivity index (χ0v) is 15.0. The first-order valence-electron chi connectivity index (χ1n) is 6.52. The number of rotatable bonds is 5. The van der Waals surface area contributed by atoms with Crippen LogP contribution in [-0.4, -0.2) is 20.5 Å². The molecule has 0 aromatic heterocycles. The number of benzene rings is 1. The minimum absolute atomic E-state index is 0.0992. The fraction of sp³-hybridized carbons (Fsp3) is 0.500. The van der Waals surface area contributed by atoms with Gasteiger partial charge < -0.3 is 5.11 Å². The molecule has 1 rings (SSSR count). The Bertz CT molecular complexity index is 567. The van der Waals surface area contributed by atoms with Gasteiger partial charge in [-0.15, -0.1) is 0 Å². The van der Waals surface area contributed by atoms with Gasteiger partial charge in [0, 0.05) is 10.8 Å². The van der Waals surface area contributed by atoms with Gasteiger partial charge in [0.25, 0.3) is 0 Å². The second-order valence-corrected chi connectivity index (χ2v) is 8.73. The lowest BCUT2D eigenvalue weighted by atomic mass is 10.0. The van der Waals surface area contributed by atoms with E-state index in [9.17, 15) is 14.1 Å². The molecule has 118 valence electrons. The lowest BCUT2D eigenvalue weighted by Crippen LogP contribution is -2.19. The van der Waals surface area contributed by atoms with Gasteiger partial charge in [-0.1, -0.05) is 61.6 Å². The highest BCUT2D eigenvalue weighted by Crippen LogP contribution is 2.43. The highest BCUT2D eigenvalue weighted by Gasteiger charge is 2.32. The molecule has 0 spiro atoms. The van der Waals surface area contributed by atoms with E-state index in [0.717, 1.165) is 0 Å². The number of carbonyl (C=O) groups is 1. The molecule has 2 atom stereocenters. The first kappa shape index (κ1) is 18.8. The van der Waals surface area contributed by atoms with Crippen LogP contribution in [-0.2, 0) is 21.0 Å². The zero-order chi connectivity index (χ0) is 16.4. The van der Waals surface area contributed by atoms with Crippen molar-refractivity contribution in [3.8, 4) is 0 Å². The van der Waals surface area contributed by atoms with Gasteiger partial charge in [-0.25, -0.2) is 4.79 Å². The maximum absolute atomic E-state index is 12.7. The number of carboxylic acids is 1. The van der Waals surface area contributed by atoms with Crippen molar-refractivity contribution < 1.29 is 14.1 Å². The van der Waals surface area contributed by atoms with Gasteiger partial charge in [-0.2, -0.15) is 0 Å². The molecule has 0 bridgehead atoms. The predicted molar refractivity (Wildman–Crippen MR) is 88.2 cm³/mol. The van der Waals surface area contributed by atoms with E-state index in [0.29, 0.717) is 23.3 Å². The Morgan fingerprint density at radius 1 is 1.33 bits per heavy atom. The van der Waals surface area contributed by atoms with Crippen LogP contribution in [0.5, 0.6) is 0 Å². The summed E-state index contributed by atoms with van der Waals surface area (Å²) in [5, 5.41) is 9.13. The maximum atomic E-state index is 12.7. The third-order valence-corrected chi connectivity index (χ3v) is 5.84. The van der Waals surface area contributed by atoms with Gasteiger partial charge in [0.2, 0.25) is 3.79 Å². The second-order valence-electron chi connectivity index (χ2n) is 4.64. The lowest BCUT2D eigenvalue weighted by molar-refractivity contribution is 0.0695. The molecule has 1 aromatic rings. The Hall–Kier alpha value is -0.290. The Labute approximate surface area is 142 Å². The van der Waals surface area contributed by atoms with Crippen LogP contribution in [0, 0.1) is 0 Å². The van der Waals surface area contributed by atoms with Gasteiger partial charge >= 0.3 is 5.97 Å². The average molecular weight is 372 g/mol. The van der Waals surface area contributed by atoms with Crippen molar-refractivity contribution in [3.63, 3.8) is 0 Å².